The number of hydrogen-bond donors (Lipinski definition) is 1. The Labute approximate surface area is 77.4 Å². The minimum absolute atomic E-state index is 0.155. The van der Waals surface area contributed by atoms with E-state index in [1.165, 1.54) is 0 Å². The summed E-state index contributed by atoms with van der Waals surface area (Å²) in [6.07, 6.45) is 2.09. The van der Waals surface area contributed by atoms with Crippen LogP contribution in [0.3, 0.4) is 0 Å². The standard InChI is InChI=1S/C10H14O3/c1-3-13-9(12)6-4-8(11)7-5-10(6,7)2/h5-6,8,11H,3-4H2,1-2H3/t6-,8?,10+/m0/s1. The Morgan fingerprint density at radius 3 is 2.92 bits per heavy atom. The normalized spacial score (nSPS) is 41.0. The van der Waals surface area contributed by atoms with Crippen molar-refractivity contribution in [1.82, 2.24) is 0 Å². The lowest BCUT2D eigenvalue weighted by molar-refractivity contribution is -0.149. The predicted molar refractivity (Wildman–Crippen MR) is 46.9 cm³/mol. The zero-order valence-electron chi connectivity index (χ0n) is 7.91. The molecular formula is C10H14O3. The lowest BCUT2D eigenvalue weighted by Crippen LogP contribution is -2.24. The van der Waals surface area contributed by atoms with Crippen molar-refractivity contribution in [2.24, 2.45) is 11.3 Å². The van der Waals surface area contributed by atoms with Crippen LogP contribution in [0, 0.1) is 11.3 Å². The van der Waals surface area contributed by atoms with Crippen LogP contribution >= 0.6 is 0 Å². The molecule has 0 spiro atoms. The zero-order valence-corrected chi connectivity index (χ0v) is 7.91. The summed E-state index contributed by atoms with van der Waals surface area (Å²) in [6, 6.07) is 0. The van der Waals surface area contributed by atoms with Crippen LogP contribution in [0.1, 0.15) is 20.3 Å². The van der Waals surface area contributed by atoms with E-state index in [9.17, 15) is 9.90 Å². The molecule has 0 aromatic rings. The molecule has 0 bridgehead atoms. The van der Waals surface area contributed by atoms with Gasteiger partial charge >= 0.3 is 5.97 Å². The number of aliphatic hydroxyl groups is 1. The molecule has 0 heterocycles. The van der Waals surface area contributed by atoms with Crippen molar-refractivity contribution in [3.8, 4) is 0 Å². The van der Waals surface area contributed by atoms with Gasteiger partial charge in [-0.1, -0.05) is 13.0 Å². The van der Waals surface area contributed by atoms with Crippen LogP contribution in [0.4, 0.5) is 0 Å². The molecule has 1 unspecified atom stereocenters. The zero-order chi connectivity index (χ0) is 9.64. The van der Waals surface area contributed by atoms with E-state index < -0.39 is 6.10 Å². The molecule has 0 saturated heterocycles. The largest absolute Gasteiger partial charge is 0.466 e. The smallest absolute Gasteiger partial charge is 0.310 e. The molecule has 0 aromatic heterocycles. The van der Waals surface area contributed by atoms with E-state index in [0.717, 1.165) is 5.57 Å². The SMILES string of the molecule is CCOC(=O)[C@@H]1CC(O)C2=C[C@@]21C. The van der Waals surface area contributed by atoms with Gasteiger partial charge < -0.3 is 9.84 Å². The summed E-state index contributed by atoms with van der Waals surface area (Å²) in [5.74, 6) is -0.328. The first kappa shape index (κ1) is 8.75. The van der Waals surface area contributed by atoms with Crippen LogP contribution < -0.4 is 0 Å². The van der Waals surface area contributed by atoms with Gasteiger partial charge in [0.1, 0.15) is 0 Å². The molecule has 1 saturated carbocycles. The number of hydrogen-bond acceptors (Lipinski definition) is 3. The third-order valence-corrected chi connectivity index (χ3v) is 3.11. The molecule has 0 amide bonds. The summed E-state index contributed by atoms with van der Waals surface area (Å²) in [5, 5.41) is 9.52. The van der Waals surface area contributed by atoms with E-state index in [1.54, 1.807) is 6.92 Å². The van der Waals surface area contributed by atoms with Gasteiger partial charge in [0.15, 0.2) is 0 Å². The molecule has 2 aliphatic rings. The quantitative estimate of drug-likeness (QED) is 0.509. The Morgan fingerprint density at radius 2 is 2.54 bits per heavy atom. The number of ether oxygens (including phenoxy) is 1. The Morgan fingerprint density at radius 1 is 1.85 bits per heavy atom. The summed E-state index contributed by atoms with van der Waals surface area (Å²) >= 11 is 0. The van der Waals surface area contributed by atoms with Crippen LogP contribution in [0.15, 0.2) is 11.6 Å². The second-order valence-corrected chi connectivity index (χ2v) is 3.94. The minimum atomic E-state index is -0.417. The average molecular weight is 182 g/mol. The summed E-state index contributed by atoms with van der Waals surface area (Å²) < 4.78 is 4.95. The van der Waals surface area contributed by atoms with Crippen LogP contribution in [0.2, 0.25) is 0 Å². The number of carbonyl (C=O) groups excluding carboxylic acids is 1. The van der Waals surface area contributed by atoms with Crippen LogP contribution in [-0.4, -0.2) is 23.8 Å². The van der Waals surface area contributed by atoms with Gasteiger partial charge in [-0.3, -0.25) is 4.79 Å². The van der Waals surface area contributed by atoms with Gasteiger partial charge in [0.2, 0.25) is 0 Å². The molecule has 1 N–H and O–H groups in total. The summed E-state index contributed by atoms with van der Waals surface area (Å²) in [5.41, 5.74) is 0.858. The molecule has 3 atom stereocenters. The summed E-state index contributed by atoms with van der Waals surface area (Å²) in [7, 11) is 0. The Bertz CT molecular complexity index is 282. The van der Waals surface area contributed by atoms with Crippen LogP contribution in [0.25, 0.3) is 0 Å². The van der Waals surface area contributed by atoms with Gasteiger partial charge in [-0.05, 0) is 18.9 Å². The van der Waals surface area contributed by atoms with Gasteiger partial charge in [0, 0.05) is 5.41 Å². The lowest BCUT2D eigenvalue weighted by atomic mass is 9.90. The second-order valence-electron chi connectivity index (χ2n) is 3.94. The maximum atomic E-state index is 11.5. The monoisotopic (exact) mass is 182 g/mol. The minimum Gasteiger partial charge on any atom is -0.466 e. The van der Waals surface area contributed by atoms with Gasteiger partial charge in [0.05, 0.1) is 18.6 Å². The van der Waals surface area contributed by atoms with Crippen molar-refractivity contribution < 1.29 is 14.6 Å². The van der Waals surface area contributed by atoms with Crippen molar-refractivity contribution in [2.45, 2.75) is 26.4 Å². The molecule has 1 fully saturated rings. The third-order valence-electron chi connectivity index (χ3n) is 3.11. The molecule has 0 aromatic carbocycles. The molecule has 3 nitrogen and oxygen atoms in total. The number of fused-ring (bicyclic) bond motifs is 1. The Balaban J connectivity index is 2.07. The fourth-order valence-corrected chi connectivity index (χ4v) is 2.22. The van der Waals surface area contributed by atoms with Gasteiger partial charge in [-0.25, -0.2) is 0 Å². The van der Waals surface area contributed by atoms with Crippen molar-refractivity contribution in [1.29, 1.82) is 0 Å². The van der Waals surface area contributed by atoms with Crippen LogP contribution in [0.5, 0.6) is 0 Å². The highest BCUT2D eigenvalue weighted by Gasteiger charge is 2.58. The van der Waals surface area contributed by atoms with E-state index >= 15 is 0 Å². The highest BCUT2D eigenvalue weighted by molar-refractivity contribution is 5.78. The molecule has 2 rings (SSSR count). The first-order chi connectivity index (χ1) is 6.09. The lowest BCUT2D eigenvalue weighted by Gasteiger charge is -2.16. The molecule has 0 radical (unpaired) electrons. The van der Waals surface area contributed by atoms with Gasteiger partial charge in [0.25, 0.3) is 0 Å². The Kier molecular flexibility index (Phi) is 1.74. The molecule has 3 heteroatoms. The van der Waals surface area contributed by atoms with E-state index in [-0.39, 0.29) is 17.3 Å². The topological polar surface area (TPSA) is 46.5 Å². The first-order valence-electron chi connectivity index (χ1n) is 4.67. The van der Waals surface area contributed by atoms with Crippen molar-refractivity contribution in [3.05, 3.63) is 11.6 Å². The van der Waals surface area contributed by atoms with Crippen molar-refractivity contribution in [3.63, 3.8) is 0 Å². The number of rotatable bonds is 2. The molecular weight excluding hydrogens is 168 g/mol. The van der Waals surface area contributed by atoms with E-state index in [4.69, 9.17) is 4.74 Å². The number of aliphatic hydroxyl groups excluding tert-OH is 1. The van der Waals surface area contributed by atoms with Gasteiger partial charge in [-0.2, -0.15) is 0 Å². The first-order valence-corrected chi connectivity index (χ1v) is 4.67. The maximum Gasteiger partial charge on any atom is 0.310 e. The fourth-order valence-electron chi connectivity index (χ4n) is 2.22. The predicted octanol–water partition coefficient (Wildman–Crippen LogP) is 0.877. The fraction of sp³-hybridized carbons (Fsp3) is 0.700. The van der Waals surface area contributed by atoms with E-state index in [2.05, 4.69) is 0 Å². The summed E-state index contributed by atoms with van der Waals surface area (Å²) in [4.78, 5) is 11.5. The second kappa shape index (κ2) is 2.58. The summed E-state index contributed by atoms with van der Waals surface area (Å²) in [6.45, 7) is 4.20. The number of esters is 1. The average Bonchev–Trinajstić information content (AvgIpc) is 2.68. The highest BCUT2D eigenvalue weighted by Crippen LogP contribution is 2.59. The molecule has 0 aliphatic heterocycles. The van der Waals surface area contributed by atoms with Gasteiger partial charge in [-0.15, -0.1) is 0 Å². The maximum absolute atomic E-state index is 11.5. The molecule has 72 valence electrons. The molecule has 2 aliphatic carbocycles. The molecule has 13 heavy (non-hydrogen) atoms. The van der Waals surface area contributed by atoms with Crippen LogP contribution in [-0.2, 0) is 9.53 Å². The van der Waals surface area contributed by atoms with Crippen molar-refractivity contribution >= 4 is 5.97 Å². The third kappa shape index (κ3) is 1.10. The number of allylic oxidation sites excluding steroid dienone is 1. The Hall–Kier alpha value is -0.830. The number of carbonyl (C=O) groups is 1. The highest BCUT2D eigenvalue weighted by atomic mass is 16.5. The van der Waals surface area contributed by atoms with E-state index in [0.29, 0.717) is 13.0 Å². The van der Waals surface area contributed by atoms with E-state index in [1.807, 2.05) is 13.0 Å². The van der Waals surface area contributed by atoms with Crippen molar-refractivity contribution in [2.75, 3.05) is 6.61 Å².